The molecule has 2 atom stereocenters. The number of nitrogens with two attached hydrogens (primary N) is 1. The normalized spacial score (nSPS) is 32.6. The fraction of sp³-hybridized carbons (Fsp3) is 0.923. The second-order valence-electron chi connectivity index (χ2n) is 5.49. The number of hydrogen-bond donors (Lipinski definition) is 2. The van der Waals surface area contributed by atoms with Gasteiger partial charge in [-0.05, 0) is 25.7 Å². The molecule has 0 bridgehead atoms. The molecule has 0 amide bonds. The van der Waals surface area contributed by atoms with Gasteiger partial charge in [-0.15, -0.1) is 0 Å². The molecule has 92 valence electrons. The number of carbonyl (C=O) groups excluding carboxylic acids is 1. The molecule has 2 rings (SSSR count). The van der Waals surface area contributed by atoms with Crippen molar-refractivity contribution in [1.29, 1.82) is 0 Å². The first-order valence-corrected chi connectivity index (χ1v) is 6.90. The molecule has 2 aliphatic rings. The highest BCUT2D eigenvalue weighted by Gasteiger charge is 2.29. The number of piperidine rings is 1. The van der Waals surface area contributed by atoms with Crippen LogP contribution in [0.15, 0.2) is 0 Å². The lowest BCUT2D eigenvalue weighted by Crippen LogP contribution is -3.19. The van der Waals surface area contributed by atoms with Gasteiger partial charge in [0.05, 0.1) is 6.54 Å². The lowest BCUT2D eigenvalue weighted by Gasteiger charge is -2.30. The molecule has 0 aromatic heterocycles. The number of quaternary nitrogens is 1. The summed E-state index contributed by atoms with van der Waals surface area (Å²) in [5, 5.41) is 0. The van der Waals surface area contributed by atoms with E-state index in [1.54, 1.807) is 0 Å². The number of rotatable bonds is 3. The molecule has 2 fully saturated rings. The average molecular weight is 225 g/mol. The number of likely N-dealkylation sites (tertiary alicyclic amines) is 1. The molecule has 1 saturated carbocycles. The Morgan fingerprint density at radius 1 is 1.06 bits per heavy atom. The third kappa shape index (κ3) is 3.05. The largest absolute Gasteiger partial charge is 0.314 e. The molecule has 0 spiro atoms. The van der Waals surface area contributed by atoms with Crippen molar-refractivity contribution in [3.05, 3.63) is 0 Å². The Balaban J connectivity index is 1.80. The van der Waals surface area contributed by atoms with Crippen molar-refractivity contribution < 1.29 is 9.69 Å². The SMILES string of the molecule is NC1CCCC[NH+]1CC(=O)C1CCCCC1. The second-order valence-corrected chi connectivity index (χ2v) is 5.49. The van der Waals surface area contributed by atoms with Gasteiger partial charge in [-0.1, -0.05) is 19.3 Å². The number of nitrogens with one attached hydrogen (secondary N) is 1. The van der Waals surface area contributed by atoms with E-state index in [0.29, 0.717) is 18.2 Å². The van der Waals surface area contributed by atoms with E-state index in [1.165, 1.54) is 37.0 Å². The van der Waals surface area contributed by atoms with E-state index in [9.17, 15) is 4.79 Å². The van der Waals surface area contributed by atoms with Crippen LogP contribution < -0.4 is 10.6 Å². The van der Waals surface area contributed by atoms with Gasteiger partial charge in [0.25, 0.3) is 0 Å². The maximum atomic E-state index is 12.1. The summed E-state index contributed by atoms with van der Waals surface area (Å²) in [6, 6.07) is 0. The van der Waals surface area contributed by atoms with Gasteiger partial charge in [0, 0.05) is 12.3 Å². The molecule has 3 heteroatoms. The highest BCUT2D eigenvalue weighted by Crippen LogP contribution is 2.23. The van der Waals surface area contributed by atoms with Crippen LogP contribution >= 0.6 is 0 Å². The van der Waals surface area contributed by atoms with E-state index in [-0.39, 0.29) is 6.17 Å². The van der Waals surface area contributed by atoms with Gasteiger partial charge in [-0.25, -0.2) is 0 Å². The van der Waals surface area contributed by atoms with Crippen molar-refractivity contribution >= 4 is 5.78 Å². The second kappa shape index (κ2) is 5.78. The molecule has 1 heterocycles. The Morgan fingerprint density at radius 3 is 2.44 bits per heavy atom. The first-order chi connectivity index (χ1) is 7.77. The van der Waals surface area contributed by atoms with Crippen molar-refractivity contribution in [2.75, 3.05) is 13.1 Å². The summed E-state index contributed by atoms with van der Waals surface area (Å²) < 4.78 is 0. The maximum absolute atomic E-state index is 12.1. The fourth-order valence-electron chi connectivity index (χ4n) is 3.12. The summed E-state index contributed by atoms with van der Waals surface area (Å²) >= 11 is 0. The van der Waals surface area contributed by atoms with E-state index in [4.69, 9.17) is 5.73 Å². The van der Waals surface area contributed by atoms with Crippen molar-refractivity contribution in [2.24, 2.45) is 11.7 Å². The number of ketones is 1. The van der Waals surface area contributed by atoms with E-state index >= 15 is 0 Å². The van der Waals surface area contributed by atoms with Crippen LogP contribution in [0.4, 0.5) is 0 Å². The summed E-state index contributed by atoms with van der Waals surface area (Å²) in [7, 11) is 0. The molecule has 2 unspecified atom stereocenters. The highest BCUT2D eigenvalue weighted by atomic mass is 16.1. The number of hydrogen-bond acceptors (Lipinski definition) is 2. The zero-order valence-corrected chi connectivity index (χ0v) is 10.2. The number of carbonyl (C=O) groups is 1. The molecule has 0 aromatic carbocycles. The van der Waals surface area contributed by atoms with Crippen LogP contribution in [0, 0.1) is 5.92 Å². The van der Waals surface area contributed by atoms with Gasteiger partial charge in [0.1, 0.15) is 12.7 Å². The van der Waals surface area contributed by atoms with Crippen LogP contribution in [0.1, 0.15) is 51.4 Å². The topological polar surface area (TPSA) is 47.5 Å². The Morgan fingerprint density at radius 2 is 1.75 bits per heavy atom. The van der Waals surface area contributed by atoms with E-state index in [0.717, 1.165) is 25.8 Å². The molecule has 0 radical (unpaired) electrons. The van der Waals surface area contributed by atoms with Crippen LogP contribution in [0.2, 0.25) is 0 Å². The third-order valence-electron chi connectivity index (χ3n) is 4.25. The minimum atomic E-state index is 0.210. The Bertz CT molecular complexity index is 236. The molecule has 1 aliphatic heterocycles. The predicted octanol–water partition coefficient (Wildman–Crippen LogP) is 0.489. The Labute approximate surface area is 98.4 Å². The summed E-state index contributed by atoms with van der Waals surface area (Å²) in [6.07, 6.45) is 9.84. The van der Waals surface area contributed by atoms with Crippen molar-refractivity contribution in [3.8, 4) is 0 Å². The first-order valence-electron chi connectivity index (χ1n) is 6.90. The monoisotopic (exact) mass is 225 g/mol. The van der Waals surface area contributed by atoms with Crippen molar-refractivity contribution in [1.82, 2.24) is 0 Å². The number of Topliss-reactive ketones (excluding diaryl/α,β-unsaturated/α-hetero) is 1. The van der Waals surface area contributed by atoms with Gasteiger partial charge in [-0.2, -0.15) is 0 Å². The molecule has 3 N–H and O–H groups in total. The minimum absolute atomic E-state index is 0.210. The molecule has 3 nitrogen and oxygen atoms in total. The lowest BCUT2D eigenvalue weighted by molar-refractivity contribution is -0.922. The standard InChI is InChI=1S/C13H24N2O/c14-13-8-4-5-9-15(13)10-12(16)11-6-2-1-3-7-11/h11,13H,1-10,14H2/p+1. The zero-order valence-electron chi connectivity index (χ0n) is 10.2. The molecule has 16 heavy (non-hydrogen) atoms. The highest BCUT2D eigenvalue weighted by molar-refractivity contribution is 5.81. The average Bonchev–Trinajstić information content (AvgIpc) is 2.33. The molecule has 1 aliphatic carbocycles. The van der Waals surface area contributed by atoms with Crippen molar-refractivity contribution in [2.45, 2.75) is 57.5 Å². The maximum Gasteiger partial charge on any atom is 0.189 e. The quantitative estimate of drug-likeness (QED) is 0.734. The Kier molecular flexibility index (Phi) is 4.36. The third-order valence-corrected chi connectivity index (χ3v) is 4.25. The summed E-state index contributed by atoms with van der Waals surface area (Å²) in [4.78, 5) is 13.5. The molecular formula is C13H25N2O+. The van der Waals surface area contributed by atoms with Gasteiger partial charge >= 0.3 is 0 Å². The Hall–Kier alpha value is -0.410. The van der Waals surface area contributed by atoms with Crippen LogP contribution in [0.5, 0.6) is 0 Å². The lowest BCUT2D eigenvalue weighted by atomic mass is 9.86. The first kappa shape index (κ1) is 12.1. The van der Waals surface area contributed by atoms with Crippen molar-refractivity contribution in [3.63, 3.8) is 0 Å². The van der Waals surface area contributed by atoms with Gasteiger partial charge in [0.2, 0.25) is 0 Å². The fourth-order valence-corrected chi connectivity index (χ4v) is 3.12. The summed E-state index contributed by atoms with van der Waals surface area (Å²) in [6.45, 7) is 1.78. The van der Waals surface area contributed by atoms with Crippen LogP contribution in [0.25, 0.3) is 0 Å². The van der Waals surface area contributed by atoms with E-state index < -0.39 is 0 Å². The minimum Gasteiger partial charge on any atom is -0.314 e. The summed E-state index contributed by atoms with van der Waals surface area (Å²) in [5.74, 6) is 0.836. The van der Waals surface area contributed by atoms with Crippen LogP contribution in [-0.2, 0) is 4.79 Å². The molecule has 0 aromatic rings. The van der Waals surface area contributed by atoms with Crippen LogP contribution in [0.3, 0.4) is 0 Å². The summed E-state index contributed by atoms with van der Waals surface area (Å²) in [5.41, 5.74) is 6.07. The molecular weight excluding hydrogens is 200 g/mol. The molecule has 1 saturated heterocycles. The van der Waals surface area contributed by atoms with Gasteiger partial charge in [-0.3, -0.25) is 10.5 Å². The van der Waals surface area contributed by atoms with Gasteiger partial charge in [0.15, 0.2) is 5.78 Å². The zero-order chi connectivity index (χ0) is 11.4. The van der Waals surface area contributed by atoms with E-state index in [2.05, 4.69) is 0 Å². The van der Waals surface area contributed by atoms with E-state index in [1.807, 2.05) is 0 Å². The van der Waals surface area contributed by atoms with Crippen LogP contribution in [-0.4, -0.2) is 25.0 Å². The predicted molar refractivity (Wildman–Crippen MR) is 64.1 cm³/mol. The smallest absolute Gasteiger partial charge is 0.189 e. The van der Waals surface area contributed by atoms with Gasteiger partial charge < -0.3 is 4.90 Å².